The van der Waals surface area contributed by atoms with Crippen molar-refractivity contribution in [2.75, 3.05) is 6.26 Å². The predicted octanol–water partition coefficient (Wildman–Crippen LogP) is 0.310. The Morgan fingerprint density at radius 1 is 1.56 bits per heavy atom. The maximum absolute atomic E-state index is 10.2. The van der Waals surface area contributed by atoms with E-state index in [0.717, 1.165) is 17.7 Å². The van der Waals surface area contributed by atoms with Crippen LogP contribution in [0.2, 0.25) is 0 Å². The summed E-state index contributed by atoms with van der Waals surface area (Å²) in [6.45, 7) is 0. The summed E-state index contributed by atoms with van der Waals surface area (Å²) in [6, 6.07) is 0. The molecule has 0 heterocycles. The van der Waals surface area contributed by atoms with Gasteiger partial charge in [0.2, 0.25) is 5.24 Å². The van der Waals surface area contributed by atoms with Crippen LogP contribution in [0.15, 0.2) is 11.5 Å². The van der Waals surface area contributed by atoms with Crippen LogP contribution in [0.3, 0.4) is 0 Å². The van der Waals surface area contributed by atoms with E-state index in [1.807, 2.05) is 0 Å². The van der Waals surface area contributed by atoms with Gasteiger partial charge in [-0.15, -0.1) is 0 Å². The van der Waals surface area contributed by atoms with Gasteiger partial charge < -0.3 is 0 Å². The zero-order chi connectivity index (χ0) is 7.49. The van der Waals surface area contributed by atoms with E-state index < -0.39 is 15.1 Å². The van der Waals surface area contributed by atoms with Crippen molar-refractivity contribution in [2.24, 2.45) is 0 Å². The van der Waals surface area contributed by atoms with Crippen molar-refractivity contribution >= 4 is 26.7 Å². The number of rotatable bonds is 2. The van der Waals surface area contributed by atoms with Crippen LogP contribution in [0.25, 0.3) is 0 Å². The van der Waals surface area contributed by atoms with Gasteiger partial charge in [-0.05, 0) is 11.6 Å². The fourth-order valence-corrected chi connectivity index (χ4v) is 0.686. The van der Waals surface area contributed by atoms with Gasteiger partial charge in [-0.1, -0.05) is 0 Å². The number of hydrogen-bond donors (Lipinski definition) is 0. The molecule has 0 amide bonds. The standard InChI is InChI=1S/C4H5ClO3S/c1-9(7,8)3-2-4(5)6/h2-3H,1H3. The first-order valence-corrected chi connectivity index (χ1v) is 4.32. The molecule has 0 radical (unpaired) electrons. The van der Waals surface area contributed by atoms with Gasteiger partial charge in [0.1, 0.15) is 0 Å². The van der Waals surface area contributed by atoms with Crippen LogP contribution in [0.4, 0.5) is 0 Å². The van der Waals surface area contributed by atoms with Crippen LogP contribution < -0.4 is 0 Å². The molecule has 0 atom stereocenters. The Bertz CT molecular complexity index is 226. The molecule has 0 aromatic rings. The number of allylic oxidation sites excluding steroid dienone is 1. The lowest BCUT2D eigenvalue weighted by Crippen LogP contribution is -1.89. The SMILES string of the molecule is CS(=O)(=O)C=CC(=O)Cl. The monoisotopic (exact) mass is 168 g/mol. The summed E-state index contributed by atoms with van der Waals surface area (Å²) < 4.78 is 20.5. The number of halogens is 1. The molecule has 0 aromatic carbocycles. The summed E-state index contributed by atoms with van der Waals surface area (Å²) in [6.07, 6.45) is 1.76. The smallest absolute Gasteiger partial charge is 0.245 e. The second-order valence-electron chi connectivity index (χ2n) is 1.44. The van der Waals surface area contributed by atoms with Crippen LogP contribution in [-0.2, 0) is 14.6 Å². The average molecular weight is 169 g/mol. The molecule has 0 aromatic heterocycles. The van der Waals surface area contributed by atoms with Gasteiger partial charge in [0, 0.05) is 17.7 Å². The first kappa shape index (κ1) is 8.65. The molecule has 0 bridgehead atoms. The molecule has 0 aliphatic rings. The summed E-state index contributed by atoms with van der Waals surface area (Å²) in [4.78, 5) is 9.90. The highest BCUT2D eigenvalue weighted by Crippen LogP contribution is 1.88. The van der Waals surface area contributed by atoms with E-state index in [-0.39, 0.29) is 0 Å². The minimum absolute atomic E-state index is 0.752. The molecule has 0 fully saturated rings. The summed E-state index contributed by atoms with van der Waals surface area (Å²) in [5.41, 5.74) is 0. The van der Waals surface area contributed by atoms with Crippen LogP contribution >= 0.6 is 11.6 Å². The molecule has 0 saturated carbocycles. The summed E-state index contributed by atoms with van der Waals surface area (Å²) >= 11 is 4.79. The lowest BCUT2D eigenvalue weighted by Gasteiger charge is -1.79. The third-order valence-corrected chi connectivity index (χ3v) is 1.20. The third-order valence-electron chi connectivity index (χ3n) is 0.446. The molecule has 0 aliphatic heterocycles. The van der Waals surface area contributed by atoms with Gasteiger partial charge in [0.05, 0.1) is 0 Å². The van der Waals surface area contributed by atoms with E-state index in [9.17, 15) is 13.2 Å². The second-order valence-corrected chi connectivity index (χ2v) is 3.74. The van der Waals surface area contributed by atoms with Gasteiger partial charge in [0.25, 0.3) is 0 Å². The molecule has 9 heavy (non-hydrogen) atoms. The Kier molecular flexibility index (Phi) is 2.87. The van der Waals surface area contributed by atoms with Crippen molar-refractivity contribution in [1.82, 2.24) is 0 Å². The number of carbonyl (C=O) groups excluding carboxylic acids is 1. The van der Waals surface area contributed by atoms with Crippen LogP contribution in [0, 0.1) is 0 Å². The van der Waals surface area contributed by atoms with Crippen molar-refractivity contribution in [2.45, 2.75) is 0 Å². The van der Waals surface area contributed by atoms with E-state index in [1.54, 1.807) is 0 Å². The van der Waals surface area contributed by atoms with E-state index in [4.69, 9.17) is 11.6 Å². The topological polar surface area (TPSA) is 51.2 Å². The minimum atomic E-state index is -3.21. The second kappa shape index (κ2) is 2.98. The quantitative estimate of drug-likeness (QED) is 0.441. The summed E-state index contributed by atoms with van der Waals surface area (Å²) in [5, 5.41) is -0.0390. The van der Waals surface area contributed by atoms with E-state index in [1.165, 1.54) is 0 Å². The molecule has 3 nitrogen and oxygen atoms in total. The van der Waals surface area contributed by atoms with Gasteiger partial charge in [-0.25, -0.2) is 8.42 Å². The number of hydrogen-bond acceptors (Lipinski definition) is 3. The molecule has 0 unspecified atom stereocenters. The Labute approximate surface area is 58.2 Å². The molecule has 0 aliphatic carbocycles. The summed E-state index contributed by atoms with van der Waals surface area (Å²) in [5.74, 6) is 0. The highest BCUT2D eigenvalue weighted by atomic mass is 35.5. The fraction of sp³-hybridized carbons (Fsp3) is 0.250. The zero-order valence-corrected chi connectivity index (χ0v) is 6.24. The molecule has 0 spiro atoms. The first-order chi connectivity index (χ1) is 3.92. The van der Waals surface area contributed by atoms with Crippen LogP contribution in [0.1, 0.15) is 0 Å². The highest BCUT2D eigenvalue weighted by molar-refractivity contribution is 7.93. The zero-order valence-electron chi connectivity index (χ0n) is 4.67. The Balaban J connectivity index is 4.21. The van der Waals surface area contributed by atoms with E-state index in [2.05, 4.69) is 0 Å². The van der Waals surface area contributed by atoms with Gasteiger partial charge in [-0.3, -0.25) is 4.79 Å². The molecule has 0 rings (SSSR count). The molecule has 0 saturated heterocycles. The Morgan fingerprint density at radius 3 is 2.11 bits per heavy atom. The van der Waals surface area contributed by atoms with Crippen LogP contribution in [0.5, 0.6) is 0 Å². The van der Waals surface area contributed by atoms with Gasteiger partial charge in [0.15, 0.2) is 9.84 Å². The fourth-order valence-electron chi connectivity index (χ4n) is 0.177. The largest absolute Gasteiger partial charge is 0.276 e. The highest BCUT2D eigenvalue weighted by Gasteiger charge is 1.93. The average Bonchev–Trinajstić information content (AvgIpc) is 1.59. The predicted molar refractivity (Wildman–Crippen MR) is 34.8 cm³/mol. The van der Waals surface area contributed by atoms with Crippen molar-refractivity contribution in [1.29, 1.82) is 0 Å². The Morgan fingerprint density at radius 2 is 2.00 bits per heavy atom. The maximum atomic E-state index is 10.2. The molecular formula is C4H5ClO3S. The van der Waals surface area contributed by atoms with E-state index in [0.29, 0.717) is 0 Å². The van der Waals surface area contributed by atoms with Crippen molar-refractivity contribution in [3.8, 4) is 0 Å². The van der Waals surface area contributed by atoms with Gasteiger partial charge >= 0.3 is 0 Å². The first-order valence-electron chi connectivity index (χ1n) is 1.99. The molecule has 52 valence electrons. The molecule has 0 N–H and O–H groups in total. The van der Waals surface area contributed by atoms with Crippen LogP contribution in [-0.4, -0.2) is 19.9 Å². The number of sulfone groups is 1. The van der Waals surface area contributed by atoms with Gasteiger partial charge in [-0.2, -0.15) is 0 Å². The van der Waals surface area contributed by atoms with Crippen molar-refractivity contribution in [3.05, 3.63) is 11.5 Å². The minimum Gasteiger partial charge on any atom is -0.276 e. The maximum Gasteiger partial charge on any atom is 0.245 e. The van der Waals surface area contributed by atoms with E-state index >= 15 is 0 Å². The third kappa shape index (κ3) is 7.65. The molecule has 5 heteroatoms. The van der Waals surface area contributed by atoms with Crippen molar-refractivity contribution in [3.63, 3.8) is 0 Å². The molecular weight excluding hydrogens is 164 g/mol. The number of carbonyl (C=O) groups is 1. The Hall–Kier alpha value is -0.350. The lowest BCUT2D eigenvalue weighted by atomic mass is 10.7. The summed E-state index contributed by atoms with van der Waals surface area (Å²) in [7, 11) is -3.21. The normalized spacial score (nSPS) is 12.2. The lowest BCUT2D eigenvalue weighted by molar-refractivity contribution is -0.107. The van der Waals surface area contributed by atoms with Crippen molar-refractivity contribution < 1.29 is 13.2 Å².